The van der Waals surface area contributed by atoms with Crippen molar-refractivity contribution in [3.05, 3.63) is 77.5 Å². The van der Waals surface area contributed by atoms with Gasteiger partial charge in [0, 0.05) is 44.7 Å². The molecule has 0 unspecified atom stereocenters. The van der Waals surface area contributed by atoms with Gasteiger partial charge in [-0.15, -0.1) is 0 Å². The van der Waals surface area contributed by atoms with E-state index in [1.54, 1.807) is 0 Å². The van der Waals surface area contributed by atoms with Crippen molar-refractivity contribution >= 4 is 22.6 Å². The second-order valence-electron chi connectivity index (χ2n) is 8.92. The Morgan fingerprint density at radius 2 is 1.69 bits per heavy atom. The average Bonchev–Trinajstić information content (AvgIpc) is 3.24. The number of aryl methyl sites for hydroxylation is 1. The lowest BCUT2D eigenvalue weighted by Crippen LogP contribution is -2.37. The number of ketones is 1. The van der Waals surface area contributed by atoms with Crippen LogP contribution in [-0.4, -0.2) is 46.6 Å². The Bertz CT molecular complexity index is 1390. The summed E-state index contributed by atoms with van der Waals surface area (Å²) in [6, 6.07) is 14.2. The van der Waals surface area contributed by atoms with E-state index in [0.29, 0.717) is 24.6 Å². The Morgan fingerprint density at radius 3 is 2.42 bits per heavy atom. The number of hydrogen-bond donors (Lipinski definition) is 0. The van der Waals surface area contributed by atoms with Crippen LogP contribution in [0.1, 0.15) is 16.7 Å². The quantitative estimate of drug-likeness (QED) is 0.384. The van der Waals surface area contributed by atoms with Crippen LogP contribution in [-0.2, 0) is 35.6 Å². The van der Waals surface area contributed by atoms with Crippen LogP contribution in [0.2, 0.25) is 0 Å². The first-order valence-electron chi connectivity index (χ1n) is 11.7. The molecule has 0 aliphatic carbocycles. The van der Waals surface area contributed by atoms with Gasteiger partial charge in [0.25, 0.3) is 0 Å². The molecular formula is C27H25F3N4O2. The molecule has 0 atom stereocenters. The number of nitrogens with zero attached hydrogens (tertiary/aromatic N) is 4. The molecular weight excluding hydrogens is 469 g/mol. The van der Waals surface area contributed by atoms with Gasteiger partial charge in [-0.2, -0.15) is 13.2 Å². The van der Waals surface area contributed by atoms with Crippen molar-refractivity contribution in [2.45, 2.75) is 19.0 Å². The van der Waals surface area contributed by atoms with Crippen LogP contribution in [0.15, 0.2) is 60.8 Å². The molecule has 1 aliphatic heterocycles. The lowest BCUT2D eigenvalue weighted by molar-refractivity contribution is -0.137. The highest BCUT2D eigenvalue weighted by Gasteiger charge is 2.30. The maximum atomic E-state index is 12.8. The fourth-order valence-corrected chi connectivity index (χ4v) is 4.45. The number of carbonyl (C=O) groups is 1. The molecule has 36 heavy (non-hydrogen) atoms. The summed E-state index contributed by atoms with van der Waals surface area (Å²) in [6.45, 7) is 2.77. The Labute approximate surface area is 206 Å². The third kappa shape index (κ3) is 5.11. The van der Waals surface area contributed by atoms with E-state index >= 15 is 0 Å². The van der Waals surface area contributed by atoms with Crippen molar-refractivity contribution in [2.24, 2.45) is 7.05 Å². The van der Waals surface area contributed by atoms with Gasteiger partial charge in [0.1, 0.15) is 11.3 Å². The molecule has 0 N–H and O–H groups in total. The number of carbonyl (C=O) groups excluding carboxylic acids is 1. The van der Waals surface area contributed by atoms with E-state index in [0.717, 1.165) is 53.2 Å². The fraction of sp³-hybridized carbons (Fsp3) is 0.296. The smallest absolute Gasteiger partial charge is 0.378 e. The molecule has 5 rings (SSSR count). The molecule has 0 saturated carbocycles. The third-order valence-electron chi connectivity index (χ3n) is 6.28. The Kier molecular flexibility index (Phi) is 6.49. The largest absolute Gasteiger partial charge is 0.416 e. The van der Waals surface area contributed by atoms with Crippen molar-refractivity contribution < 1.29 is 22.7 Å². The van der Waals surface area contributed by atoms with Gasteiger partial charge in [0.15, 0.2) is 11.6 Å². The highest BCUT2D eigenvalue weighted by molar-refractivity contribution is 5.89. The van der Waals surface area contributed by atoms with Crippen LogP contribution in [0.3, 0.4) is 0 Å². The number of ether oxygens (including phenoxy) is 1. The topological polar surface area (TPSA) is 60.2 Å². The maximum absolute atomic E-state index is 12.8. The summed E-state index contributed by atoms with van der Waals surface area (Å²) < 4.78 is 45.9. The Morgan fingerprint density at radius 1 is 0.972 bits per heavy atom. The summed E-state index contributed by atoms with van der Waals surface area (Å²) in [5, 5.41) is 0. The van der Waals surface area contributed by atoms with Crippen LogP contribution in [0.5, 0.6) is 0 Å². The van der Waals surface area contributed by atoms with Gasteiger partial charge in [0.05, 0.1) is 24.3 Å². The van der Waals surface area contributed by atoms with Gasteiger partial charge in [-0.05, 0) is 35.4 Å². The van der Waals surface area contributed by atoms with Crippen molar-refractivity contribution in [1.82, 2.24) is 14.5 Å². The first-order chi connectivity index (χ1) is 17.3. The third-order valence-corrected chi connectivity index (χ3v) is 6.28. The van der Waals surface area contributed by atoms with Gasteiger partial charge in [0.2, 0.25) is 0 Å². The number of Topliss-reactive ketones (excluding diaryl/α,β-unsaturated/α-hetero) is 1. The monoisotopic (exact) mass is 494 g/mol. The summed E-state index contributed by atoms with van der Waals surface area (Å²) in [7, 11) is 1.97. The molecule has 2 aromatic heterocycles. The molecule has 1 aliphatic rings. The minimum atomic E-state index is -4.39. The molecule has 6 nitrogen and oxygen atoms in total. The average molecular weight is 495 g/mol. The number of rotatable bonds is 6. The van der Waals surface area contributed by atoms with Crippen LogP contribution >= 0.6 is 0 Å². The van der Waals surface area contributed by atoms with Crippen LogP contribution in [0.25, 0.3) is 22.4 Å². The summed E-state index contributed by atoms with van der Waals surface area (Å²) in [5.74, 6) is 1.35. The molecule has 0 spiro atoms. The van der Waals surface area contributed by atoms with E-state index < -0.39 is 11.7 Å². The molecule has 1 saturated heterocycles. The second-order valence-corrected chi connectivity index (χ2v) is 8.92. The zero-order chi connectivity index (χ0) is 25.3. The van der Waals surface area contributed by atoms with Crippen molar-refractivity contribution in [3.63, 3.8) is 0 Å². The molecule has 1 fully saturated rings. The number of benzene rings is 2. The minimum absolute atomic E-state index is 0.0655. The van der Waals surface area contributed by atoms with Crippen LogP contribution in [0, 0.1) is 0 Å². The van der Waals surface area contributed by atoms with E-state index in [9.17, 15) is 18.0 Å². The van der Waals surface area contributed by atoms with E-state index in [1.807, 2.05) is 48.1 Å². The van der Waals surface area contributed by atoms with Crippen molar-refractivity contribution in [3.8, 4) is 11.4 Å². The zero-order valence-electron chi connectivity index (χ0n) is 19.8. The first kappa shape index (κ1) is 24.0. The number of hydrogen-bond acceptors (Lipinski definition) is 5. The van der Waals surface area contributed by atoms with Crippen molar-refractivity contribution in [2.75, 3.05) is 31.2 Å². The van der Waals surface area contributed by atoms with E-state index in [4.69, 9.17) is 14.7 Å². The predicted octanol–water partition coefficient (Wildman–Crippen LogP) is 4.85. The van der Waals surface area contributed by atoms with E-state index in [1.165, 1.54) is 12.1 Å². The molecule has 4 aromatic rings. The molecule has 2 aromatic carbocycles. The number of anilines is 1. The highest BCUT2D eigenvalue weighted by atomic mass is 19.4. The molecule has 9 heteroatoms. The van der Waals surface area contributed by atoms with Crippen LogP contribution in [0.4, 0.5) is 19.0 Å². The second kappa shape index (κ2) is 9.73. The summed E-state index contributed by atoms with van der Waals surface area (Å²) in [5.41, 5.74) is 3.23. The summed E-state index contributed by atoms with van der Waals surface area (Å²) in [4.78, 5) is 24.6. The fourth-order valence-electron chi connectivity index (χ4n) is 4.45. The number of aromatic nitrogens is 3. The number of halogens is 3. The van der Waals surface area contributed by atoms with Gasteiger partial charge >= 0.3 is 6.18 Å². The zero-order valence-corrected chi connectivity index (χ0v) is 19.8. The van der Waals surface area contributed by atoms with Crippen LogP contribution < -0.4 is 4.90 Å². The molecule has 0 amide bonds. The van der Waals surface area contributed by atoms with Gasteiger partial charge < -0.3 is 14.2 Å². The Hall–Kier alpha value is -3.72. The lowest BCUT2D eigenvalue weighted by atomic mass is 10.0. The molecule has 3 heterocycles. The molecule has 0 bridgehead atoms. The standard InChI is InChI=1S/C27H25F3N4O2/c1-33-10-9-23-24(33)26(34-11-13-36-14-12-34)32-25(31-23)20-4-2-3-19(15-20)17-22(35)16-18-5-7-21(8-6-18)27(28,29)30/h2-10,15H,11-14,16-17H2,1H3. The minimum Gasteiger partial charge on any atom is -0.378 e. The summed E-state index contributed by atoms with van der Waals surface area (Å²) in [6.07, 6.45) is -2.20. The number of fused-ring (bicyclic) bond motifs is 1. The normalized spacial score (nSPS) is 14.4. The van der Waals surface area contributed by atoms with Gasteiger partial charge in [-0.3, -0.25) is 4.79 Å². The number of alkyl halides is 3. The SMILES string of the molecule is Cn1ccc2nc(-c3cccc(CC(=O)Cc4ccc(C(F)(F)F)cc4)c3)nc(N3CCOCC3)c21. The van der Waals surface area contributed by atoms with Gasteiger partial charge in [-0.25, -0.2) is 9.97 Å². The molecule has 0 radical (unpaired) electrons. The van der Waals surface area contributed by atoms with E-state index in [-0.39, 0.29) is 18.6 Å². The Balaban J connectivity index is 1.37. The first-order valence-corrected chi connectivity index (χ1v) is 11.7. The lowest BCUT2D eigenvalue weighted by Gasteiger charge is -2.28. The maximum Gasteiger partial charge on any atom is 0.416 e. The molecule has 186 valence electrons. The van der Waals surface area contributed by atoms with Gasteiger partial charge in [-0.1, -0.05) is 30.3 Å². The van der Waals surface area contributed by atoms with Crippen molar-refractivity contribution in [1.29, 1.82) is 0 Å². The number of morpholine rings is 1. The summed E-state index contributed by atoms with van der Waals surface area (Å²) >= 11 is 0. The van der Waals surface area contributed by atoms with E-state index in [2.05, 4.69) is 4.90 Å². The highest BCUT2D eigenvalue weighted by Crippen LogP contribution is 2.30. The predicted molar refractivity (Wildman–Crippen MR) is 131 cm³/mol.